The molecule has 0 saturated carbocycles. The lowest BCUT2D eigenvalue weighted by Crippen LogP contribution is -2.03. The van der Waals surface area contributed by atoms with E-state index in [1.807, 2.05) is 0 Å². The molecule has 4 nitrogen and oxygen atoms in total. The number of hydrogen-bond acceptors (Lipinski definition) is 6. The number of ether oxygens (including phenoxy) is 2. The van der Waals surface area contributed by atoms with Crippen LogP contribution >= 0.6 is 23.5 Å². The average molecular weight is 266 g/mol. The molecule has 0 aliphatic carbocycles. The van der Waals surface area contributed by atoms with Crippen LogP contribution in [0.1, 0.15) is 12.8 Å². The second-order valence-electron chi connectivity index (χ2n) is 2.88. The molecule has 0 aromatic rings. The fraction of sp³-hybridized carbons (Fsp3) is 0.800. The first-order valence-corrected chi connectivity index (χ1v) is 7.30. The Labute approximate surface area is 105 Å². The summed E-state index contributed by atoms with van der Waals surface area (Å²) in [6.45, 7) is 0. The van der Waals surface area contributed by atoms with E-state index < -0.39 is 0 Å². The highest BCUT2D eigenvalue weighted by atomic mass is 32.2. The summed E-state index contributed by atoms with van der Waals surface area (Å²) >= 11 is 3.45. The molecule has 0 bridgehead atoms. The van der Waals surface area contributed by atoms with Crippen LogP contribution in [0.5, 0.6) is 0 Å². The third kappa shape index (κ3) is 10.2. The standard InChI is InChI=1S/C10H18O4S2/c1-13-9(11)3-5-15-7-8-16-6-4-10(12)14-2/h3-8H2,1-2H3. The number of rotatable bonds is 9. The Bertz CT molecular complexity index is 187. The Morgan fingerprint density at radius 2 is 1.19 bits per heavy atom. The predicted octanol–water partition coefficient (Wildman–Crippen LogP) is 1.58. The van der Waals surface area contributed by atoms with Gasteiger partial charge in [0.05, 0.1) is 27.1 Å². The van der Waals surface area contributed by atoms with Crippen molar-refractivity contribution >= 4 is 35.5 Å². The summed E-state index contributed by atoms with van der Waals surface area (Å²) in [5.74, 6) is 3.25. The molecule has 0 radical (unpaired) electrons. The highest BCUT2D eigenvalue weighted by Crippen LogP contribution is 2.09. The monoisotopic (exact) mass is 266 g/mol. The fourth-order valence-corrected chi connectivity index (χ4v) is 2.81. The second kappa shape index (κ2) is 11.1. The number of carbonyl (C=O) groups is 2. The minimum Gasteiger partial charge on any atom is -0.469 e. The Morgan fingerprint density at radius 3 is 1.50 bits per heavy atom. The van der Waals surface area contributed by atoms with Crippen LogP contribution in [0, 0.1) is 0 Å². The van der Waals surface area contributed by atoms with Crippen LogP contribution in [0.4, 0.5) is 0 Å². The molecule has 0 rings (SSSR count). The lowest BCUT2D eigenvalue weighted by molar-refractivity contribution is -0.141. The van der Waals surface area contributed by atoms with Crippen molar-refractivity contribution in [2.24, 2.45) is 0 Å². The molecule has 94 valence electrons. The number of esters is 2. The molecule has 0 N–H and O–H groups in total. The predicted molar refractivity (Wildman–Crippen MR) is 67.9 cm³/mol. The summed E-state index contributed by atoms with van der Waals surface area (Å²) in [5, 5.41) is 0. The van der Waals surface area contributed by atoms with Gasteiger partial charge in [0, 0.05) is 23.0 Å². The maximum Gasteiger partial charge on any atom is 0.306 e. The van der Waals surface area contributed by atoms with Crippen LogP contribution in [0.3, 0.4) is 0 Å². The molecule has 0 aromatic carbocycles. The molecule has 0 aliphatic heterocycles. The van der Waals surface area contributed by atoms with Crippen molar-refractivity contribution in [1.82, 2.24) is 0 Å². The highest BCUT2D eigenvalue weighted by molar-refractivity contribution is 8.02. The van der Waals surface area contributed by atoms with Gasteiger partial charge in [-0.05, 0) is 0 Å². The van der Waals surface area contributed by atoms with Gasteiger partial charge < -0.3 is 9.47 Å². The van der Waals surface area contributed by atoms with Gasteiger partial charge >= 0.3 is 11.9 Å². The molecule has 0 atom stereocenters. The van der Waals surface area contributed by atoms with Gasteiger partial charge in [-0.1, -0.05) is 0 Å². The number of methoxy groups -OCH3 is 2. The topological polar surface area (TPSA) is 52.6 Å². The highest BCUT2D eigenvalue weighted by Gasteiger charge is 2.01. The zero-order valence-electron chi connectivity index (χ0n) is 9.69. The number of carbonyl (C=O) groups excluding carboxylic acids is 2. The summed E-state index contributed by atoms with van der Waals surface area (Å²) in [6, 6.07) is 0. The summed E-state index contributed by atoms with van der Waals surface area (Å²) in [7, 11) is 2.80. The van der Waals surface area contributed by atoms with Gasteiger partial charge in [-0.25, -0.2) is 0 Å². The SMILES string of the molecule is COC(=O)CCSCCSCCC(=O)OC. The van der Waals surface area contributed by atoms with Gasteiger partial charge in [-0.2, -0.15) is 23.5 Å². The summed E-state index contributed by atoms with van der Waals surface area (Å²) < 4.78 is 9.05. The first kappa shape index (κ1) is 15.6. The van der Waals surface area contributed by atoms with Crippen LogP contribution < -0.4 is 0 Å². The molecule has 0 fully saturated rings. The van der Waals surface area contributed by atoms with Crippen LogP contribution in [-0.2, 0) is 19.1 Å². The van der Waals surface area contributed by atoms with Crippen molar-refractivity contribution in [1.29, 1.82) is 0 Å². The molecular weight excluding hydrogens is 248 g/mol. The Morgan fingerprint density at radius 1 is 0.812 bits per heavy atom. The average Bonchev–Trinajstić information content (AvgIpc) is 2.31. The third-order valence-electron chi connectivity index (χ3n) is 1.73. The molecule has 0 aliphatic rings. The zero-order chi connectivity index (χ0) is 12.2. The Kier molecular flexibility index (Phi) is 10.9. The van der Waals surface area contributed by atoms with E-state index in [-0.39, 0.29) is 11.9 Å². The maximum atomic E-state index is 10.8. The fourth-order valence-electron chi connectivity index (χ4n) is 0.837. The second-order valence-corrected chi connectivity index (χ2v) is 5.33. The summed E-state index contributed by atoms with van der Waals surface area (Å²) in [5.41, 5.74) is 0. The van der Waals surface area contributed by atoms with Gasteiger partial charge in [0.1, 0.15) is 0 Å². The van der Waals surface area contributed by atoms with Crippen LogP contribution in [-0.4, -0.2) is 49.2 Å². The maximum absolute atomic E-state index is 10.8. The quantitative estimate of drug-likeness (QED) is 0.466. The molecule has 6 heteroatoms. The lowest BCUT2D eigenvalue weighted by atomic mass is 10.5. The molecule has 0 heterocycles. The van der Waals surface area contributed by atoms with E-state index in [1.165, 1.54) is 14.2 Å². The molecule has 16 heavy (non-hydrogen) atoms. The number of hydrogen-bond donors (Lipinski definition) is 0. The van der Waals surface area contributed by atoms with Crippen molar-refractivity contribution in [3.8, 4) is 0 Å². The first-order chi connectivity index (χ1) is 7.70. The minimum absolute atomic E-state index is 0.161. The molecular formula is C10H18O4S2. The minimum atomic E-state index is -0.161. The van der Waals surface area contributed by atoms with Crippen LogP contribution in [0.25, 0.3) is 0 Å². The molecule has 0 unspecified atom stereocenters. The van der Waals surface area contributed by atoms with Crippen molar-refractivity contribution < 1.29 is 19.1 Å². The van der Waals surface area contributed by atoms with E-state index in [0.29, 0.717) is 12.8 Å². The van der Waals surface area contributed by atoms with E-state index >= 15 is 0 Å². The van der Waals surface area contributed by atoms with E-state index in [2.05, 4.69) is 9.47 Å². The molecule has 0 aromatic heterocycles. The summed E-state index contributed by atoms with van der Waals surface area (Å²) in [6.07, 6.45) is 0.933. The van der Waals surface area contributed by atoms with E-state index in [0.717, 1.165) is 23.0 Å². The van der Waals surface area contributed by atoms with Crippen molar-refractivity contribution in [2.75, 3.05) is 37.2 Å². The normalized spacial score (nSPS) is 9.88. The van der Waals surface area contributed by atoms with Gasteiger partial charge in [0.25, 0.3) is 0 Å². The largest absolute Gasteiger partial charge is 0.469 e. The Balaban J connectivity index is 3.10. The van der Waals surface area contributed by atoms with Gasteiger partial charge in [-0.15, -0.1) is 0 Å². The van der Waals surface area contributed by atoms with E-state index in [4.69, 9.17) is 0 Å². The van der Waals surface area contributed by atoms with Gasteiger partial charge in [0.2, 0.25) is 0 Å². The van der Waals surface area contributed by atoms with E-state index in [1.54, 1.807) is 23.5 Å². The summed E-state index contributed by atoms with van der Waals surface area (Å²) in [4.78, 5) is 21.5. The molecule has 0 spiro atoms. The smallest absolute Gasteiger partial charge is 0.306 e. The third-order valence-corrected chi connectivity index (χ3v) is 3.96. The van der Waals surface area contributed by atoms with Crippen molar-refractivity contribution in [2.45, 2.75) is 12.8 Å². The lowest BCUT2D eigenvalue weighted by Gasteiger charge is -2.01. The molecule has 0 saturated heterocycles. The van der Waals surface area contributed by atoms with Crippen molar-refractivity contribution in [3.05, 3.63) is 0 Å². The van der Waals surface area contributed by atoms with Gasteiger partial charge in [-0.3, -0.25) is 9.59 Å². The van der Waals surface area contributed by atoms with Crippen LogP contribution in [0.2, 0.25) is 0 Å². The zero-order valence-corrected chi connectivity index (χ0v) is 11.3. The Hall–Kier alpha value is -0.360. The number of thioether (sulfide) groups is 2. The van der Waals surface area contributed by atoms with Gasteiger partial charge in [0.15, 0.2) is 0 Å². The molecule has 0 amide bonds. The van der Waals surface area contributed by atoms with Crippen LogP contribution in [0.15, 0.2) is 0 Å². The first-order valence-electron chi connectivity index (χ1n) is 4.99. The van der Waals surface area contributed by atoms with Crippen molar-refractivity contribution in [3.63, 3.8) is 0 Å². The van der Waals surface area contributed by atoms with E-state index in [9.17, 15) is 9.59 Å².